The number of nitrogens with zero attached hydrogens (tertiary/aromatic N) is 3. The normalized spacial score (nSPS) is 28.8. The molecule has 4 rings (SSSR count). The molecule has 6 heteroatoms. The van der Waals surface area contributed by atoms with Crippen molar-refractivity contribution in [3.05, 3.63) is 16.4 Å². The van der Waals surface area contributed by atoms with Gasteiger partial charge in [-0.25, -0.2) is 0 Å². The van der Waals surface area contributed by atoms with Crippen molar-refractivity contribution < 1.29 is 4.79 Å². The van der Waals surface area contributed by atoms with Crippen molar-refractivity contribution in [2.24, 2.45) is 11.3 Å². The Kier molecular flexibility index (Phi) is 4.33. The molecular weight excluding hydrogens is 324 g/mol. The first kappa shape index (κ1) is 16.4. The number of carbonyl (C=O) groups is 1. The van der Waals surface area contributed by atoms with Gasteiger partial charge in [-0.1, -0.05) is 18.0 Å². The average molecular weight is 351 g/mol. The molecule has 1 atom stereocenters. The van der Waals surface area contributed by atoms with Gasteiger partial charge in [0.25, 0.3) is 0 Å². The second-order valence-corrected chi connectivity index (χ2v) is 8.38. The summed E-state index contributed by atoms with van der Waals surface area (Å²) in [6.45, 7) is 6.45. The number of amides is 1. The number of aromatic nitrogens is 2. The lowest BCUT2D eigenvalue weighted by molar-refractivity contribution is -0.146. The third-order valence-electron chi connectivity index (χ3n) is 6.27. The van der Waals surface area contributed by atoms with Crippen molar-refractivity contribution in [1.82, 2.24) is 20.0 Å². The maximum absolute atomic E-state index is 13.1. The third kappa shape index (κ3) is 2.86. The standard InChI is InChI=1S/C18H27ClN4O/c1-13-16(19)15(21-20-13)11-22-9-7-18(12-22)6-3-8-23(17(18)24)10-14-4-2-5-14/h14H,2-12H2,1H3,(H,20,21). The number of carbonyl (C=O) groups excluding carboxylic acids is 1. The quantitative estimate of drug-likeness (QED) is 0.908. The monoisotopic (exact) mass is 350 g/mol. The van der Waals surface area contributed by atoms with Gasteiger partial charge in [0, 0.05) is 26.2 Å². The molecule has 24 heavy (non-hydrogen) atoms. The molecule has 1 unspecified atom stereocenters. The second-order valence-electron chi connectivity index (χ2n) is 8.00. The smallest absolute Gasteiger partial charge is 0.230 e. The summed E-state index contributed by atoms with van der Waals surface area (Å²) >= 11 is 6.30. The summed E-state index contributed by atoms with van der Waals surface area (Å²) in [4.78, 5) is 17.7. The third-order valence-corrected chi connectivity index (χ3v) is 6.78. The van der Waals surface area contributed by atoms with E-state index in [1.165, 1.54) is 19.3 Å². The Balaban J connectivity index is 1.41. The average Bonchev–Trinajstić information content (AvgIpc) is 3.07. The molecule has 3 heterocycles. The highest BCUT2D eigenvalue weighted by Gasteiger charge is 2.48. The van der Waals surface area contributed by atoms with Gasteiger partial charge in [-0.15, -0.1) is 0 Å². The van der Waals surface area contributed by atoms with Gasteiger partial charge in [0.15, 0.2) is 0 Å². The van der Waals surface area contributed by atoms with Crippen LogP contribution in [0.3, 0.4) is 0 Å². The highest BCUT2D eigenvalue weighted by atomic mass is 35.5. The number of aromatic amines is 1. The zero-order chi connectivity index (χ0) is 16.7. The second kappa shape index (κ2) is 6.34. The van der Waals surface area contributed by atoms with E-state index in [9.17, 15) is 4.79 Å². The van der Waals surface area contributed by atoms with Gasteiger partial charge in [0.1, 0.15) is 0 Å². The van der Waals surface area contributed by atoms with E-state index in [0.717, 1.165) is 74.3 Å². The van der Waals surface area contributed by atoms with Crippen molar-refractivity contribution in [2.45, 2.75) is 52.0 Å². The molecule has 1 amide bonds. The fourth-order valence-corrected chi connectivity index (χ4v) is 4.71. The largest absolute Gasteiger partial charge is 0.342 e. The highest BCUT2D eigenvalue weighted by Crippen LogP contribution is 2.41. The van der Waals surface area contributed by atoms with Crippen molar-refractivity contribution in [1.29, 1.82) is 0 Å². The van der Waals surface area contributed by atoms with Crippen LogP contribution in [0.15, 0.2) is 0 Å². The van der Waals surface area contributed by atoms with Crippen LogP contribution in [-0.2, 0) is 11.3 Å². The van der Waals surface area contributed by atoms with Crippen LogP contribution >= 0.6 is 11.6 Å². The molecule has 1 aromatic rings. The van der Waals surface area contributed by atoms with Gasteiger partial charge in [-0.3, -0.25) is 14.8 Å². The number of nitrogens with one attached hydrogen (secondary N) is 1. The Morgan fingerprint density at radius 1 is 1.29 bits per heavy atom. The molecule has 132 valence electrons. The van der Waals surface area contributed by atoms with Crippen LogP contribution in [0, 0.1) is 18.3 Å². The van der Waals surface area contributed by atoms with Crippen LogP contribution in [0.1, 0.15) is 49.9 Å². The van der Waals surface area contributed by atoms with Crippen LogP contribution < -0.4 is 0 Å². The molecule has 1 spiro atoms. The van der Waals surface area contributed by atoms with E-state index in [-0.39, 0.29) is 5.41 Å². The van der Waals surface area contributed by atoms with Gasteiger partial charge >= 0.3 is 0 Å². The first-order chi connectivity index (χ1) is 11.6. The predicted octanol–water partition coefficient (Wildman–Crippen LogP) is 2.99. The number of halogens is 1. The van der Waals surface area contributed by atoms with E-state index >= 15 is 0 Å². The number of piperidine rings is 1. The Hall–Kier alpha value is -1.07. The van der Waals surface area contributed by atoms with Gasteiger partial charge < -0.3 is 4.90 Å². The van der Waals surface area contributed by atoms with E-state index < -0.39 is 0 Å². The summed E-state index contributed by atoms with van der Waals surface area (Å²) in [5.41, 5.74) is 1.67. The fraction of sp³-hybridized carbons (Fsp3) is 0.778. The zero-order valence-electron chi connectivity index (χ0n) is 14.5. The van der Waals surface area contributed by atoms with E-state index in [0.29, 0.717) is 5.91 Å². The maximum atomic E-state index is 13.1. The van der Waals surface area contributed by atoms with E-state index in [1.54, 1.807) is 0 Å². The molecule has 3 aliphatic rings. The molecule has 0 radical (unpaired) electrons. The summed E-state index contributed by atoms with van der Waals surface area (Å²) in [6.07, 6.45) is 7.12. The van der Waals surface area contributed by atoms with Crippen molar-refractivity contribution in [3.8, 4) is 0 Å². The Labute approximate surface area is 148 Å². The minimum Gasteiger partial charge on any atom is -0.342 e. The lowest BCUT2D eigenvalue weighted by atomic mass is 9.77. The highest BCUT2D eigenvalue weighted by molar-refractivity contribution is 6.31. The Morgan fingerprint density at radius 3 is 2.79 bits per heavy atom. The number of hydrogen-bond donors (Lipinski definition) is 1. The molecule has 3 fully saturated rings. The number of likely N-dealkylation sites (tertiary alicyclic amines) is 2. The first-order valence-corrected chi connectivity index (χ1v) is 9.66. The van der Waals surface area contributed by atoms with Crippen molar-refractivity contribution >= 4 is 17.5 Å². The van der Waals surface area contributed by atoms with Gasteiger partial charge in [-0.2, -0.15) is 5.10 Å². The SMILES string of the molecule is Cc1[nH]nc(CN2CCC3(CCCN(CC4CCC4)C3=O)C2)c1Cl. The number of aryl methyl sites for hydroxylation is 1. The van der Waals surface area contributed by atoms with E-state index in [1.807, 2.05) is 6.92 Å². The molecule has 2 aliphatic heterocycles. The predicted molar refractivity (Wildman–Crippen MR) is 93.8 cm³/mol. The molecule has 1 aliphatic carbocycles. The van der Waals surface area contributed by atoms with Crippen LogP contribution in [0.2, 0.25) is 5.02 Å². The van der Waals surface area contributed by atoms with Crippen LogP contribution in [0.5, 0.6) is 0 Å². The minimum absolute atomic E-state index is 0.153. The number of rotatable bonds is 4. The first-order valence-electron chi connectivity index (χ1n) is 9.28. The van der Waals surface area contributed by atoms with Crippen LogP contribution in [-0.4, -0.2) is 52.1 Å². The number of H-pyrrole nitrogens is 1. The number of hydrogen-bond acceptors (Lipinski definition) is 3. The fourth-order valence-electron chi connectivity index (χ4n) is 4.57. The topological polar surface area (TPSA) is 52.2 Å². The van der Waals surface area contributed by atoms with Gasteiger partial charge in [0.05, 0.1) is 21.8 Å². The molecular formula is C18H27ClN4O. The molecule has 0 bridgehead atoms. The Bertz CT molecular complexity index is 627. The molecule has 0 aromatic carbocycles. The summed E-state index contributed by atoms with van der Waals surface area (Å²) in [6, 6.07) is 0. The van der Waals surface area contributed by atoms with Crippen molar-refractivity contribution in [3.63, 3.8) is 0 Å². The van der Waals surface area contributed by atoms with Gasteiger partial charge in [-0.05, 0) is 51.5 Å². The lowest BCUT2D eigenvalue weighted by Gasteiger charge is -2.42. The van der Waals surface area contributed by atoms with Gasteiger partial charge in [0.2, 0.25) is 5.91 Å². The summed E-state index contributed by atoms with van der Waals surface area (Å²) in [5.74, 6) is 1.17. The van der Waals surface area contributed by atoms with Crippen molar-refractivity contribution in [2.75, 3.05) is 26.2 Å². The van der Waals surface area contributed by atoms with E-state index in [2.05, 4.69) is 20.0 Å². The molecule has 1 N–H and O–H groups in total. The molecule has 2 saturated heterocycles. The van der Waals surface area contributed by atoms with Crippen LogP contribution in [0.25, 0.3) is 0 Å². The van der Waals surface area contributed by atoms with Crippen LogP contribution in [0.4, 0.5) is 0 Å². The summed E-state index contributed by atoms with van der Waals surface area (Å²) in [5, 5.41) is 7.99. The lowest BCUT2D eigenvalue weighted by Crippen LogP contribution is -2.51. The van der Waals surface area contributed by atoms with E-state index in [4.69, 9.17) is 11.6 Å². The molecule has 5 nitrogen and oxygen atoms in total. The summed E-state index contributed by atoms with van der Waals surface area (Å²) in [7, 11) is 0. The maximum Gasteiger partial charge on any atom is 0.230 e. The Morgan fingerprint density at radius 2 is 2.12 bits per heavy atom. The minimum atomic E-state index is -0.153. The molecule has 1 saturated carbocycles. The molecule has 1 aromatic heterocycles. The zero-order valence-corrected chi connectivity index (χ0v) is 15.2. The summed E-state index contributed by atoms with van der Waals surface area (Å²) < 4.78 is 0.